The minimum Gasteiger partial charge on any atom is -0.293 e. The molecule has 33 heavy (non-hydrogen) atoms. The molecule has 0 aliphatic carbocycles. The average Bonchev–Trinajstić information content (AvgIpc) is 3.47. The summed E-state index contributed by atoms with van der Waals surface area (Å²) >= 11 is 1.34. The number of carbonyl (C=O) groups excluding carboxylic acids is 1. The third-order valence-electron chi connectivity index (χ3n) is 5.62. The fourth-order valence-corrected chi connectivity index (χ4v) is 5.92. The minimum atomic E-state index is -3.31. The minimum absolute atomic E-state index is 0.0400. The number of fused-ring (bicyclic) bond motifs is 2. The molecule has 10 heteroatoms. The Labute approximate surface area is 195 Å². The highest BCUT2D eigenvalue weighted by molar-refractivity contribution is 8.00. The van der Waals surface area contributed by atoms with E-state index < -0.39 is 10.0 Å². The number of benzene rings is 2. The maximum Gasteiger partial charge on any atom is 0.234 e. The molecule has 0 bridgehead atoms. The van der Waals surface area contributed by atoms with Crippen LogP contribution in [0, 0.1) is 0 Å². The van der Waals surface area contributed by atoms with Crippen molar-refractivity contribution in [1.82, 2.24) is 19.7 Å². The summed E-state index contributed by atoms with van der Waals surface area (Å²) in [5, 5.41) is 5.92. The third-order valence-corrected chi connectivity index (χ3v) is 8.41. The van der Waals surface area contributed by atoms with Crippen molar-refractivity contribution in [2.75, 3.05) is 22.4 Å². The van der Waals surface area contributed by atoms with Gasteiger partial charge < -0.3 is 0 Å². The van der Waals surface area contributed by atoms with Crippen LogP contribution in [-0.4, -0.2) is 52.0 Å². The number of Topliss-reactive ketones (excluding diaryl/α,β-unsaturated/α-hetero) is 1. The summed E-state index contributed by atoms with van der Waals surface area (Å²) in [6.07, 6.45) is 3.80. The van der Waals surface area contributed by atoms with Gasteiger partial charge in [0.15, 0.2) is 11.4 Å². The third kappa shape index (κ3) is 4.00. The van der Waals surface area contributed by atoms with Gasteiger partial charge in [-0.3, -0.25) is 9.10 Å². The van der Waals surface area contributed by atoms with Crippen molar-refractivity contribution in [3.8, 4) is 5.69 Å². The first-order valence-corrected chi connectivity index (χ1v) is 13.1. The Morgan fingerprint density at radius 1 is 1.12 bits per heavy atom. The van der Waals surface area contributed by atoms with E-state index in [9.17, 15) is 13.2 Å². The standard InChI is InChI=1S/C23H21N5O3S2/c1-2-33(30,31)27-11-10-16-12-17(8-9-20(16)27)21(29)14-32-23-19-13-26-28(22(19)24-15-25-23)18-6-4-3-5-7-18/h3-9,12-13,15H,2,10-11,14H2,1H3. The molecular weight excluding hydrogens is 458 g/mol. The van der Waals surface area contributed by atoms with Crippen LogP contribution in [0.25, 0.3) is 16.7 Å². The van der Waals surface area contributed by atoms with Crippen LogP contribution < -0.4 is 4.31 Å². The van der Waals surface area contributed by atoms with Gasteiger partial charge >= 0.3 is 0 Å². The van der Waals surface area contributed by atoms with Crippen LogP contribution >= 0.6 is 11.8 Å². The van der Waals surface area contributed by atoms with Crippen LogP contribution in [0.1, 0.15) is 22.8 Å². The molecule has 0 saturated heterocycles. The summed E-state index contributed by atoms with van der Waals surface area (Å²) in [6, 6.07) is 15.0. The van der Waals surface area contributed by atoms with Crippen molar-refractivity contribution >= 4 is 44.3 Å². The number of nitrogens with zero attached hydrogens (tertiary/aromatic N) is 5. The van der Waals surface area contributed by atoms with Gasteiger partial charge in [0.1, 0.15) is 11.4 Å². The van der Waals surface area contributed by atoms with E-state index in [2.05, 4.69) is 15.1 Å². The Bertz CT molecular complexity index is 1450. The monoisotopic (exact) mass is 479 g/mol. The predicted molar refractivity (Wildman–Crippen MR) is 129 cm³/mol. The number of anilines is 1. The maximum atomic E-state index is 12.9. The smallest absolute Gasteiger partial charge is 0.234 e. The van der Waals surface area contributed by atoms with E-state index in [4.69, 9.17) is 0 Å². The van der Waals surface area contributed by atoms with Gasteiger partial charge in [-0.25, -0.2) is 23.1 Å². The Hall–Kier alpha value is -3.24. The van der Waals surface area contributed by atoms with Gasteiger partial charge in [-0.15, -0.1) is 0 Å². The molecule has 2 aromatic carbocycles. The van der Waals surface area contributed by atoms with Crippen molar-refractivity contribution in [1.29, 1.82) is 0 Å². The van der Waals surface area contributed by atoms with Crippen molar-refractivity contribution in [2.24, 2.45) is 0 Å². The van der Waals surface area contributed by atoms with Gasteiger partial charge in [0, 0.05) is 12.1 Å². The number of aromatic nitrogens is 4. The molecule has 168 valence electrons. The lowest BCUT2D eigenvalue weighted by atomic mass is 10.1. The highest BCUT2D eigenvalue weighted by Crippen LogP contribution is 2.32. The molecule has 0 amide bonds. The molecule has 0 fully saturated rings. The molecule has 8 nitrogen and oxygen atoms in total. The lowest BCUT2D eigenvalue weighted by molar-refractivity contribution is 0.102. The average molecular weight is 480 g/mol. The molecule has 0 saturated carbocycles. The van der Waals surface area contributed by atoms with Crippen LogP contribution in [0.3, 0.4) is 0 Å². The largest absolute Gasteiger partial charge is 0.293 e. The first-order chi connectivity index (χ1) is 16.0. The molecule has 0 radical (unpaired) electrons. The second-order valence-electron chi connectivity index (χ2n) is 7.59. The summed E-state index contributed by atoms with van der Waals surface area (Å²) < 4.78 is 27.7. The molecule has 0 atom stereocenters. The number of hydrogen-bond donors (Lipinski definition) is 0. The van der Waals surface area contributed by atoms with E-state index in [1.54, 1.807) is 29.9 Å². The first-order valence-electron chi connectivity index (χ1n) is 10.5. The number of rotatable bonds is 7. The molecular formula is C23H21N5O3S2. The molecule has 0 N–H and O–H groups in total. The fraction of sp³-hybridized carbons (Fsp3) is 0.217. The Morgan fingerprint density at radius 2 is 1.94 bits per heavy atom. The fourth-order valence-electron chi connectivity index (χ4n) is 3.90. The molecule has 1 aliphatic rings. The number of ketones is 1. The van der Waals surface area contributed by atoms with Crippen molar-refractivity contribution in [2.45, 2.75) is 18.4 Å². The Balaban J connectivity index is 1.35. The van der Waals surface area contributed by atoms with Crippen molar-refractivity contribution in [3.05, 3.63) is 72.2 Å². The first kappa shape index (κ1) is 21.6. The van der Waals surface area contributed by atoms with Gasteiger partial charge in [0.2, 0.25) is 10.0 Å². The summed E-state index contributed by atoms with van der Waals surface area (Å²) in [7, 11) is -3.31. The molecule has 4 aromatic rings. The topological polar surface area (TPSA) is 98.1 Å². The zero-order valence-electron chi connectivity index (χ0n) is 17.9. The number of sulfonamides is 1. The van der Waals surface area contributed by atoms with Crippen LogP contribution in [0.5, 0.6) is 0 Å². The van der Waals surface area contributed by atoms with E-state index >= 15 is 0 Å². The SMILES string of the molecule is CCS(=O)(=O)N1CCc2cc(C(=O)CSc3ncnc4c3cnn4-c3ccccc3)ccc21. The lowest BCUT2D eigenvalue weighted by Gasteiger charge is -2.18. The number of hydrogen-bond acceptors (Lipinski definition) is 7. The van der Waals surface area contributed by atoms with E-state index in [-0.39, 0.29) is 17.3 Å². The maximum absolute atomic E-state index is 12.9. The molecule has 0 spiro atoms. The quantitative estimate of drug-likeness (QED) is 0.227. The molecule has 5 rings (SSSR count). The van der Waals surface area contributed by atoms with Crippen LogP contribution in [0.2, 0.25) is 0 Å². The predicted octanol–water partition coefficient (Wildman–Crippen LogP) is 3.50. The summed E-state index contributed by atoms with van der Waals surface area (Å²) in [4.78, 5) is 21.6. The van der Waals surface area contributed by atoms with E-state index in [0.29, 0.717) is 34.9 Å². The van der Waals surface area contributed by atoms with Crippen LogP contribution in [0.15, 0.2) is 66.1 Å². The zero-order chi connectivity index (χ0) is 23.0. The molecule has 1 aliphatic heterocycles. The van der Waals surface area contributed by atoms with Gasteiger partial charge in [-0.2, -0.15) is 5.10 Å². The Kier molecular flexibility index (Phi) is 5.63. The Morgan fingerprint density at radius 3 is 2.73 bits per heavy atom. The number of para-hydroxylation sites is 1. The lowest BCUT2D eigenvalue weighted by Crippen LogP contribution is -2.30. The number of thioether (sulfide) groups is 1. The van der Waals surface area contributed by atoms with Gasteiger partial charge in [0.25, 0.3) is 0 Å². The van der Waals surface area contributed by atoms with E-state index in [1.165, 1.54) is 22.4 Å². The van der Waals surface area contributed by atoms with Crippen molar-refractivity contribution < 1.29 is 13.2 Å². The van der Waals surface area contributed by atoms with Gasteiger partial charge in [0.05, 0.1) is 34.5 Å². The summed E-state index contributed by atoms with van der Waals surface area (Å²) in [6.45, 7) is 2.05. The van der Waals surface area contributed by atoms with E-state index in [1.807, 2.05) is 36.4 Å². The normalized spacial score (nSPS) is 13.4. The highest BCUT2D eigenvalue weighted by atomic mass is 32.2. The summed E-state index contributed by atoms with van der Waals surface area (Å²) in [5.74, 6) is 0.220. The van der Waals surface area contributed by atoms with Crippen LogP contribution in [-0.2, 0) is 16.4 Å². The second-order valence-corrected chi connectivity index (χ2v) is 10.7. The summed E-state index contributed by atoms with van der Waals surface area (Å²) in [5.41, 5.74) is 3.71. The van der Waals surface area contributed by atoms with Crippen LogP contribution in [0.4, 0.5) is 5.69 Å². The molecule has 2 aromatic heterocycles. The van der Waals surface area contributed by atoms with E-state index in [0.717, 1.165) is 16.6 Å². The molecule has 3 heterocycles. The second kappa shape index (κ2) is 8.60. The zero-order valence-corrected chi connectivity index (χ0v) is 19.5. The van der Waals surface area contributed by atoms with Gasteiger partial charge in [-0.05, 0) is 49.2 Å². The van der Waals surface area contributed by atoms with Crippen molar-refractivity contribution in [3.63, 3.8) is 0 Å². The molecule has 0 unspecified atom stereocenters. The number of carbonyl (C=O) groups is 1. The highest BCUT2D eigenvalue weighted by Gasteiger charge is 2.28. The van der Waals surface area contributed by atoms with Gasteiger partial charge in [-0.1, -0.05) is 30.0 Å².